The number of carbonyl (C=O) groups is 2. The predicted molar refractivity (Wildman–Crippen MR) is 98.2 cm³/mol. The summed E-state index contributed by atoms with van der Waals surface area (Å²) in [6.07, 6.45) is 3.52. The third kappa shape index (κ3) is 3.76. The zero-order valence-electron chi connectivity index (χ0n) is 14.3. The van der Waals surface area contributed by atoms with E-state index in [1.54, 1.807) is 6.07 Å². The van der Waals surface area contributed by atoms with Gasteiger partial charge in [-0.3, -0.25) is 14.7 Å². The first-order valence-corrected chi connectivity index (χ1v) is 8.43. The smallest absolute Gasteiger partial charge is 0.272 e. The first kappa shape index (κ1) is 16.7. The lowest BCUT2D eigenvalue weighted by Gasteiger charge is -2.14. The van der Waals surface area contributed by atoms with Crippen molar-refractivity contribution < 1.29 is 9.59 Å². The molecule has 1 unspecified atom stereocenters. The van der Waals surface area contributed by atoms with Gasteiger partial charge in [-0.1, -0.05) is 30.3 Å². The standard InChI is InChI=1S/C18H17N7O2/c26-17(13-7-12(24-25-13)6-11-4-2-1-3-5-11)23-15-9-20-16-14(22-18(15)27)8-19-10-21-16/h1-5,7-8,10,15H,6,9H2,(H,22,27)(H,23,26)(H,24,25)(H,19,20,21). The third-order valence-electron chi connectivity index (χ3n) is 4.17. The summed E-state index contributed by atoms with van der Waals surface area (Å²) in [6.45, 7) is 0.211. The maximum atomic E-state index is 12.5. The molecule has 0 saturated heterocycles. The van der Waals surface area contributed by atoms with Gasteiger partial charge in [0.2, 0.25) is 5.91 Å². The van der Waals surface area contributed by atoms with E-state index in [9.17, 15) is 9.59 Å². The van der Waals surface area contributed by atoms with Crippen molar-refractivity contribution in [2.45, 2.75) is 12.5 Å². The van der Waals surface area contributed by atoms with E-state index in [0.29, 0.717) is 17.9 Å². The highest BCUT2D eigenvalue weighted by Gasteiger charge is 2.26. The Hall–Kier alpha value is -3.75. The molecule has 2 amide bonds. The van der Waals surface area contributed by atoms with Crippen molar-refractivity contribution in [2.24, 2.45) is 0 Å². The Morgan fingerprint density at radius 1 is 1.26 bits per heavy atom. The van der Waals surface area contributed by atoms with Crippen molar-refractivity contribution in [1.29, 1.82) is 0 Å². The molecule has 9 nitrogen and oxygen atoms in total. The van der Waals surface area contributed by atoms with E-state index in [0.717, 1.165) is 11.3 Å². The SMILES string of the molecule is O=C(NC1CNc2ncncc2NC1=O)c1cc(Cc2ccccc2)[nH]n1. The van der Waals surface area contributed by atoms with Gasteiger partial charge in [0.15, 0.2) is 5.82 Å². The molecule has 1 aliphatic rings. The average molecular weight is 363 g/mol. The number of amides is 2. The molecule has 0 spiro atoms. The van der Waals surface area contributed by atoms with Crippen LogP contribution in [0.1, 0.15) is 21.7 Å². The molecule has 9 heteroatoms. The first-order valence-electron chi connectivity index (χ1n) is 8.43. The molecule has 0 saturated carbocycles. The highest BCUT2D eigenvalue weighted by molar-refractivity contribution is 6.02. The summed E-state index contributed by atoms with van der Waals surface area (Å²) in [5.41, 5.74) is 2.64. The molecule has 0 fully saturated rings. The zero-order valence-corrected chi connectivity index (χ0v) is 14.3. The molecule has 1 aromatic carbocycles. The Balaban J connectivity index is 1.41. The third-order valence-corrected chi connectivity index (χ3v) is 4.17. The maximum absolute atomic E-state index is 12.5. The molecule has 1 atom stereocenters. The molecule has 3 heterocycles. The molecular formula is C18H17N7O2. The normalized spacial score (nSPS) is 15.9. The number of nitrogens with one attached hydrogen (secondary N) is 4. The van der Waals surface area contributed by atoms with E-state index in [1.807, 2.05) is 30.3 Å². The van der Waals surface area contributed by atoms with Gasteiger partial charge in [0, 0.05) is 18.7 Å². The Labute approximate surface area is 154 Å². The average Bonchev–Trinajstić information content (AvgIpc) is 3.09. The molecule has 4 rings (SSSR count). The highest BCUT2D eigenvalue weighted by Crippen LogP contribution is 2.19. The molecule has 1 aliphatic heterocycles. The van der Waals surface area contributed by atoms with Gasteiger partial charge in [-0.15, -0.1) is 0 Å². The topological polar surface area (TPSA) is 125 Å². The van der Waals surface area contributed by atoms with Crippen molar-refractivity contribution in [3.63, 3.8) is 0 Å². The zero-order chi connectivity index (χ0) is 18.6. The van der Waals surface area contributed by atoms with Crippen LogP contribution in [0.25, 0.3) is 0 Å². The molecule has 2 aromatic heterocycles. The monoisotopic (exact) mass is 363 g/mol. The lowest BCUT2D eigenvalue weighted by Crippen LogP contribution is -2.46. The second-order valence-electron chi connectivity index (χ2n) is 6.12. The van der Waals surface area contributed by atoms with E-state index in [-0.39, 0.29) is 18.1 Å². The van der Waals surface area contributed by atoms with Crippen molar-refractivity contribution in [2.75, 3.05) is 17.2 Å². The van der Waals surface area contributed by atoms with Gasteiger partial charge in [-0.2, -0.15) is 5.10 Å². The van der Waals surface area contributed by atoms with Gasteiger partial charge < -0.3 is 16.0 Å². The number of carbonyl (C=O) groups excluding carboxylic acids is 2. The highest BCUT2D eigenvalue weighted by atomic mass is 16.2. The van der Waals surface area contributed by atoms with Crippen LogP contribution in [-0.4, -0.2) is 44.6 Å². The van der Waals surface area contributed by atoms with E-state index in [1.165, 1.54) is 12.5 Å². The van der Waals surface area contributed by atoms with Gasteiger partial charge in [-0.05, 0) is 11.6 Å². The number of aromatic amines is 1. The molecule has 3 aromatic rings. The molecule has 0 bridgehead atoms. The largest absolute Gasteiger partial charge is 0.366 e. The summed E-state index contributed by atoms with van der Waals surface area (Å²) < 4.78 is 0. The fraction of sp³-hybridized carbons (Fsp3) is 0.167. The van der Waals surface area contributed by atoms with E-state index >= 15 is 0 Å². The van der Waals surface area contributed by atoms with Crippen LogP contribution >= 0.6 is 0 Å². The number of H-pyrrole nitrogens is 1. The lowest BCUT2D eigenvalue weighted by molar-refractivity contribution is -0.117. The summed E-state index contributed by atoms with van der Waals surface area (Å²) >= 11 is 0. The number of benzene rings is 1. The summed E-state index contributed by atoms with van der Waals surface area (Å²) in [7, 11) is 0. The van der Waals surface area contributed by atoms with E-state index in [4.69, 9.17) is 0 Å². The minimum Gasteiger partial charge on any atom is -0.366 e. The minimum atomic E-state index is -0.763. The Morgan fingerprint density at radius 3 is 2.96 bits per heavy atom. The predicted octanol–water partition coefficient (Wildman–Crippen LogP) is 0.953. The van der Waals surface area contributed by atoms with Gasteiger partial charge in [0.05, 0.1) is 6.20 Å². The summed E-state index contributed by atoms with van der Waals surface area (Å²) in [5, 5.41) is 15.3. The summed E-state index contributed by atoms with van der Waals surface area (Å²) in [5.74, 6) is -0.256. The van der Waals surface area contributed by atoms with Crippen LogP contribution in [0.5, 0.6) is 0 Å². The lowest BCUT2D eigenvalue weighted by atomic mass is 10.1. The Kier molecular flexibility index (Phi) is 4.48. The molecule has 0 radical (unpaired) electrons. The summed E-state index contributed by atoms with van der Waals surface area (Å²) in [6, 6.07) is 10.8. The number of hydrogen-bond acceptors (Lipinski definition) is 6. The first-order chi connectivity index (χ1) is 13.2. The number of anilines is 2. The van der Waals surface area contributed by atoms with E-state index < -0.39 is 11.9 Å². The second kappa shape index (κ2) is 7.24. The quantitative estimate of drug-likeness (QED) is 0.547. The van der Waals surface area contributed by atoms with E-state index in [2.05, 4.69) is 36.1 Å². The van der Waals surface area contributed by atoms with Crippen LogP contribution in [0.4, 0.5) is 11.5 Å². The van der Waals surface area contributed by atoms with Crippen molar-refractivity contribution in [3.8, 4) is 0 Å². The number of fused-ring (bicyclic) bond motifs is 1. The number of nitrogens with zero attached hydrogens (tertiary/aromatic N) is 3. The minimum absolute atomic E-state index is 0.211. The van der Waals surface area contributed by atoms with Crippen LogP contribution in [0, 0.1) is 0 Å². The van der Waals surface area contributed by atoms with Crippen LogP contribution in [-0.2, 0) is 11.2 Å². The van der Waals surface area contributed by atoms with Gasteiger partial charge in [-0.25, -0.2) is 9.97 Å². The van der Waals surface area contributed by atoms with Crippen molar-refractivity contribution in [3.05, 3.63) is 65.9 Å². The maximum Gasteiger partial charge on any atom is 0.272 e. The molecule has 4 N–H and O–H groups in total. The van der Waals surface area contributed by atoms with Crippen LogP contribution < -0.4 is 16.0 Å². The van der Waals surface area contributed by atoms with Gasteiger partial charge >= 0.3 is 0 Å². The molecule has 27 heavy (non-hydrogen) atoms. The second-order valence-corrected chi connectivity index (χ2v) is 6.12. The number of hydrogen-bond donors (Lipinski definition) is 4. The van der Waals surface area contributed by atoms with Gasteiger partial charge in [0.25, 0.3) is 5.91 Å². The van der Waals surface area contributed by atoms with Crippen LogP contribution in [0.3, 0.4) is 0 Å². The van der Waals surface area contributed by atoms with Crippen LogP contribution in [0.2, 0.25) is 0 Å². The molecule has 136 valence electrons. The fourth-order valence-electron chi connectivity index (χ4n) is 2.81. The van der Waals surface area contributed by atoms with Crippen molar-refractivity contribution in [1.82, 2.24) is 25.5 Å². The molecular weight excluding hydrogens is 346 g/mol. The number of rotatable bonds is 4. The molecule has 0 aliphatic carbocycles. The Morgan fingerprint density at radius 2 is 2.11 bits per heavy atom. The Bertz CT molecular complexity index is 971. The fourth-order valence-corrected chi connectivity index (χ4v) is 2.81. The summed E-state index contributed by atoms with van der Waals surface area (Å²) in [4.78, 5) is 32.8. The number of aromatic nitrogens is 4. The van der Waals surface area contributed by atoms with Gasteiger partial charge in [0.1, 0.15) is 23.8 Å². The van der Waals surface area contributed by atoms with Crippen molar-refractivity contribution >= 4 is 23.3 Å². The van der Waals surface area contributed by atoms with Crippen LogP contribution in [0.15, 0.2) is 48.9 Å².